The smallest absolute Gasteiger partial charge is 0.404 e. The van der Waals surface area contributed by atoms with Gasteiger partial charge >= 0.3 is 6.09 Å². The molecule has 0 aliphatic rings. The second-order valence-corrected chi connectivity index (χ2v) is 3.20. The van der Waals surface area contributed by atoms with Crippen LogP contribution in [-0.2, 0) is 4.74 Å². The number of para-hydroxylation sites is 1. The number of rotatable bonds is 4. The van der Waals surface area contributed by atoms with Crippen molar-refractivity contribution in [2.75, 3.05) is 24.2 Å². The number of carbonyl (C=O) groups excluding carboxylic acids is 1. The number of carbonyl (C=O) groups is 1. The predicted octanol–water partition coefficient (Wildman–Crippen LogP) is 1.43. The zero-order valence-corrected chi connectivity index (χ0v) is 8.75. The summed E-state index contributed by atoms with van der Waals surface area (Å²) in [6, 6.07) is 5.25. The van der Waals surface area contributed by atoms with Gasteiger partial charge in [-0.15, -0.1) is 0 Å². The zero-order valence-electron chi connectivity index (χ0n) is 8.00. The Hall–Kier alpha value is -1.62. The number of hydrogen-bond acceptors (Lipinski definition) is 4. The third-order valence-electron chi connectivity index (χ3n) is 1.71. The Kier molecular flexibility index (Phi) is 4.05. The van der Waals surface area contributed by atoms with Crippen LogP contribution >= 0.6 is 11.6 Å². The Bertz CT molecular complexity index is 357. The van der Waals surface area contributed by atoms with E-state index < -0.39 is 6.09 Å². The highest BCUT2D eigenvalue weighted by atomic mass is 35.5. The first kappa shape index (κ1) is 11.5. The van der Waals surface area contributed by atoms with E-state index in [-0.39, 0.29) is 6.61 Å². The molecule has 82 valence electrons. The number of nitrogen functional groups attached to an aromatic ring is 1. The number of nitrogens with one attached hydrogen (secondary N) is 1. The van der Waals surface area contributed by atoms with Crippen LogP contribution in [0.5, 0.6) is 0 Å². The van der Waals surface area contributed by atoms with Gasteiger partial charge in [-0.3, -0.25) is 0 Å². The molecule has 15 heavy (non-hydrogen) atoms. The molecule has 5 N–H and O–H groups in total. The van der Waals surface area contributed by atoms with Crippen LogP contribution < -0.4 is 16.8 Å². The lowest BCUT2D eigenvalue weighted by Crippen LogP contribution is -2.18. The normalized spacial score (nSPS) is 9.67. The van der Waals surface area contributed by atoms with Crippen LogP contribution in [0.2, 0.25) is 5.02 Å². The van der Waals surface area contributed by atoms with Crippen molar-refractivity contribution >= 4 is 29.1 Å². The molecule has 6 heteroatoms. The lowest BCUT2D eigenvalue weighted by Gasteiger charge is -2.09. The van der Waals surface area contributed by atoms with Gasteiger partial charge in [0, 0.05) is 6.54 Å². The van der Waals surface area contributed by atoms with Crippen molar-refractivity contribution in [1.82, 2.24) is 0 Å². The summed E-state index contributed by atoms with van der Waals surface area (Å²) in [6.07, 6.45) is -0.795. The maximum absolute atomic E-state index is 10.3. The fourth-order valence-electron chi connectivity index (χ4n) is 1.03. The fraction of sp³-hybridized carbons (Fsp3) is 0.222. The Morgan fingerprint density at radius 2 is 2.27 bits per heavy atom. The van der Waals surface area contributed by atoms with E-state index in [0.717, 1.165) is 0 Å². The lowest BCUT2D eigenvalue weighted by molar-refractivity contribution is 0.161. The predicted molar refractivity (Wildman–Crippen MR) is 59.9 cm³/mol. The molecule has 1 aromatic carbocycles. The van der Waals surface area contributed by atoms with Crippen LogP contribution in [0.4, 0.5) is 16.2 Å². The largest absolute Gasteiger partial charge is 0.448 e. The van der Waals surface area contributed by atoms with E-state index >= 15 is 0 Å². The number of halogens is 1. The van der Waals surface area contributed by atoms with Crippen LogP contribution in [0.3, 0.4) is 0 Å². The Balaban J connectivity index is 2.44. The van der Waals surface area contributed by atoms with Gasteiger partial charge < -0.3 is 21.5 Å². The molecule has 0 radical (unpaired) electrons. The molecule has 0 fully saturated rings. The van der Waals surface area contributed by atoms with Gasteiger partial charge in [0.25, 0.3) is 0 Å². The summed E-state index contributed by atoms with van der Waals surface area (Å²) in [7, 11) is 0. The van der Waals surface area contributed by atoms with Crippen LogP contribution in [0.1, 0.15) is 0 Å². The molecule has 0 aromatic heterocycles. The molecular weight excluding hydrogens is 218 g/mol. The molecule has 0 saturated heterocycles. The molecule has 0 aliphatic carbocycles. The van der Waals surface area contributed by atoms with E-state index in [9.17, 15) is 4.79 Å². The summed E-state index contributed by atoms with van der Waals surface area (Å²) in [6.45, 7) is 0.606. The summed E-state index contributed by atoms with van der Waals surface area (Å²) < 4.78 is 4.54. The lowest BCUT2D eigenvalue weighted by atomic mass is 10.2. The highest BCUT2D eigenvalue weighted by molar-refractivity contribution is 6.33. The van der Waals surface area contributed by atoms with Crippen molar-refractivity contribution in [3.05, 3.63) is 23.2 Å². The summed E-state index contributed by atoms with van der Waals surface area (Å²) in [5.74, 6) is 0. The highest BCUT2D eigenvalue weighted by Crippen LogP contribution is 2.26. The molecule has 0 aliphatic heterocycles. The summed E-state index contributed by atoms with van der Waals surface area (Å²) in [5, 5.41) is 3.45. The molecule has 5 nitrogen and oxygen atoms in total. The topological polar surface area (TPSA) is 90.4 Å². The van der Waals surface area contributed by atoms with E-state index in [4.69, 9.17) is 23.1 Å². The molecule has 0 heterocycles. The number of anilines is 2. The van der Waals surface area contributed by atoms with Crippen molar-refractivity contribution in [3.63, 3.8) is 0 Å². The SMILES string of the molecule is NC(=O)OCCNc1cccc(Cl)c1N. The maximum Gasteiger partial charge on any atom is 0.404 e. The molecule has 0 saturated carbocycles. The fourth-order valence-corrected chi connectivity index (χ4v) is 1.20. The molecule has 0 spiro atoms. The first-order valence-corrected chi connectivity index (χ1v) is 4.69. The van der Waals surface area contributed by atoms with Gasteiger partial charge in [-0.2, -0.15) is 0 Å². The third-order valence-corrected chi connectivity index (χ3v) is 2.04. The zero-order chi connectivity index (χ0) is 11.3. The quantitative estimate of drug-likeness (QED) is 0.538. The van der Waals surface area contributed by atoms with E-state index in [1.807, 2.05) is 0 Å². The van der Waals surface area contributed by atoms with Crippen LogP contribution in [0.15, 0.2) is 18.2 Å². The van der Waals surface area contributed by atoms with E-state index in [2.05, 4.69) is 10.1 Å². The van der Waals surface area contributed by atoms with Gasteiger partial charge in [-0.25, -0.2) is 4.79 Å². The van der Waals surface area contributed by atoms with Crippen molar-refractivity contribution < 1.29 is 9.53 Å². The number of amides is 1. The van der Waals surface area contributed by atoms with Gasteiger partial charge in [0.1, 0.15) is 6.61 Å². The van der Waals surface area contributed by atoms with Gasteiger partial charge in [-0.1, -0.05) is 17.7 Å². The Morgan fingerprint density at radius 3 is 2.93 bits per heavy atom. The van der Waals surface area contributed by atoms with Gasteiger partial charge in [-0.05, 0) is 12.1 Å². The van der Waals surface area contributed by atoms with Crippen molar-refractivity contribution in [2.45, 2.75) is 0 Å². The summed E-state index contributed by atoms with van der Waals surface area (Å²) in [4.78, 5) is 10.3. The molecule has 1 aromatic rings. The number of ether oxygens (including phenoxy) is 1. The molecule has 0 unspecified atom stereocenters. The standard InChI is InChI=1S/C9H12ClN3O2/c10-6-2-1-3-7(8(6)11)13-4-5-15-9(12)14/h1-3,13H,4-5,11H2,(H2,12,14). The summed E-state index contributed by atoms with van der Waals surface area (Å²) in [5.41, 5.74) is 11.7. The minimum atomic E-state index is -0.795. The van der Waals surface area contributed by atoms with Gasteiger partial charge in [0.2, 0.25) is 0 Å². The number of primary amides is 1. The van der Waals surface area contributed by atoms with Crippen LogP contribution in [0.25, 0.3) is 0 Å². The van der Waals surface area contributed by atoms with Gasteiger partial charge in [0.05, 0.1) is 16.4 Å². The maximum atomic E-state index is 10.3. The van der Waals surface area contributed by atoms with E-state index in [1.54, 1.807) is 18.2 Å². The summed E-state index contributed by atoms with van der Waals surface area (Å²) >= 11 is 5.81. The van der Waals surface area contributed by atoms with Crippen molar-refractivity contribution in [2.24, 2.45) is 5.73 Å². The average molecular weight is 230 g/mol. The van der Waals surface area contributed by atoms with E-state index in [0.29, 0.717) is 22.9 Å². The van der Waals surface area contributed by atoms with Gasteiger partial charge in [0.15, 0.2) is 0 Å². The molecule has 1 amide bonds. The van der Waals surface area contributed by atoms with Crippen molar-refractivity contribution in [1.29, 1.82) is 0 Å². The number of hydrogen-bond donors (Lipinski definition) is 3. The number of nitrogens with two attached hydrogens (primary N) is 2. The first-order valence-electron chi connectivity index (χ1n) is 4.31. The molecular formula is C9H12ClN3O2. The number of benzene rings is 1. The monoisotopic (exact) mass is 229 g/mol. The van der Waals surface area contributed by atoms with Crippen LogP contribution in [-0.4, -0.2) is 19.2 Å². The average Bonchev–Trinajstić information content (AvgIpc) is 2.18. The van der Waals surface area contributed by atoms with E-state index in [1.165, 1.54) is 0 Å². The minimum Gasteiger partial charge on any atom is -0.448 e. The molecule has 0 atom stereocenters. The Labute approximate surface area is 92.3 Å². The first-order chi connectivity index (χ1) is 7.11. The molecule has 0 bridgehead atoms. The van der Waals surface area contributed by atoms with Crippen molar-refractivity contribution in [3.8, 4) is 0 Å². The third kappa shape index (κ3) is 3.55. The Morgan fingerprint density at radius 1 is 1.53 bits per heavy atom. The highest BCUT2D eigenvalue weighted by Gasteiger charge is 2.01. The van der Waals surface area contributed by atoms with Crippen LogP contribution in [0, 0.1) is 0 Å². The molecule has 1 rings (SSSR count). The minimum absolute atomic E-state index is 0.182. The second-order valence-electron chi connectivity index (χ2n) is 2.80. The second kappa shape index (κ2) is 5.31.